The van der Waals surface area contributed by atoms with Crippen molar-refractivity contribution in [1.82, 2.24) is 4.90 Å². The average molecular weight is 512 g/mol. The molecule has 1 aliphatic heterocycles. The average Bonchev–Trinajstić information content (AvgIpc) is 3.23. The number of carboxylic acids is 2. The van der Waals surface area contributed by atoms with Crippen molar-refractivity contribution >= 4 is 17.7 Å². The van der Waals surface area contributed by atoms with Crippen LogP contribution in [0.1, 0.15) is 45.5 Å². The van der Waals surface area contributed by atoms with Gasteiger partial charge in [-0.3, -0.25) is 4.79 Å². The number of carbonyl (C=O) groups is 3. The quantitative estimate of drug-likeness (QED) is 0.356. The van der Waals surface area contributed by atoms with Gasteiger partial charge in [0.15, 0.2) is 5.78 Å². The first-order chi connectivity index (χ1) is 17.5. The van der Waals surface area contributed by atoms with E-state index in [0.29, 0.717) is 17.7 Å². The minimum Gasteiger partial charge on any atom is -0.473 e. The highest BCUT2D eigenvalue weighted by Gasteiger charge is 2.41. The van der Waals surface area contributed by atoms with E-state index in [2.05, 4.69) is 4.90 Å². The number of benzene rings is 3. The summed E-state index contributed by atoms with van der Waals surface area (Å²) in [6.45, 7) is 1.28. The number of ether oxygens (including phenoxy) is 1. The van der Waals surface area contributed by atoms with Crippen LogP contribution < -0.4 is 0 Å². The van der Waals surface area contributed by atoms with E-state index in [1.165, 1.54) is 36.4 Å². The Kier molecular flexibility index (Phi) is 8.86. The third-order valence-corrected chi connectivity index (χ3v) is 6.01. The molecule has 1 unspecified atom stereocenters. The van der Waals surface area contributed by atoms with Crippen LogP contribution in [0.2, 0.25) is 0 Å². The smallest absolute Gasteiger partial charge is 0.414 e. The zero-order chi connectivity index (χ0) is 27.2. The van der Waals surface area contributed by atoms with Gasteiger partial charge in [0.1, 0.15) is 17.2 Å². The summed E-state index contributed by atoms with van der Waals surface area (Å²) in [5.74, 6) is -4.47. The van der Waals surface area contributed by atoms with Gasteiger partial charge < -0.3 is 19.8 Å². The van der Waals surface area contributed by atoms with Crippen LogP contribution >= 0.6 is 0 Å². The number of carboxylic acid groups (broad SMARTS) is 2. The topological polar surface area (TPSA) is 104 Å². The maximum atomic E-state index is 13.6. The van der Waals surface area contributed by atoms with Crippen LogP contribution in [0.25, 0.3) is 0 Å². The van der Waals surface area contributed by atoms with E-state index < -0.39 is 17.5 Å². The summed E-state index contributed by atoms with van der Waals surface area (Å²) in [6.07, 6.45) is 1.65. The molecule has 1 heterocycles. The monoisotopic (exact) mass is 511 g/mol. The molecule has 1 atom stereocenters. The molecule has 0 fully saturated rings. The van der Waals surface area contributed by atoms with E-state index >= 15 is 0 Å². The molecule has 9 heteroatoms. The highest BCUT2D eigenvalue weighted by atomic mass is 19.1. The Labute approximate surface area is 212 Å². The summed E-state index contributed by atoms with van der Waals surface area (Å²) in [4.78, 5) is 33.2. The van der Waals surface area contributed by atoms with Crippen molar-refractivity contribution in [2.75, 3.05) is 20.6 Å². The largest absolute Gasteiger partial charge is 0.473 e. The van der Waals surface area contributed by atoms with Crippen molar-refractivity contribution in [3.63, 3.8) is 0 Å². The molecule has 1 aliphatic rings. The number of hydrogen-bond donors (Lipinski definition) is 2. The van der Waals surface area contributed by atoms with Crippen molar-refractivity contribution in [2.45, 2.75) is 25.0 Å². The number of fused-ring (bicyclic) bond motifs is 1. The molecule has 0 amide bonds. The lowest BCUT2D eigenvalue weighted by molar-refractivity contribution is -0.159. The molecule has 2 N–H and O–H groups in total. The molecule has 0 spiro atoms. The third kappa shape index (κ3) is 6.63. The van der Waals surface area contributed by atoms with Crippen LogP contribution in [0.4, 0.5) is 8.78 Å². The highest BCUT2D eigenvalue weighted by molar-refractivity contribution is 6.27. The first-order valence-electron chi connectivity index (χ1n) is 11.5. The number of rotatable bonds is 7. The molecule has 0 bridgehead atoms. The van der Waals surface area contributed by atoms with Crippen LogP contribution in [0.3, 0.4) is 0 Å². The maximum Gasteiger partial charge on any atom is 0.414 e. The molecule has 0 aromatic heterocycles. The van der Waals surface area contributed by atoms with Crippen molar-refractivity contribution < 1.29 is 38.1 Å². The second-order valence-corrected chi connectivity index (χ2v) is 8.85. The molecule has 0 aliphatic carbocycles. The summed E-state index contributed by atoms with van der Waals surface area (Å²) in [7, 11) is 4.06. The van der Waals surface area contributed by atoms with E-state index in [4.69, 9.17) is 24.5 Å². The van der Waals surface area contributed by atoms with Crippen LogP contribution in [0, 0.1) is 11.6 Å². The Bertz CT molecular complexity index is 1260. The Morgan fingerprint density at radius 3 is 1.95 bits per heavy atom. The number of ketones is 1. The van der Waals surface area contributed by atoms with Gasteiger partial charge in [0.25, 0.3) is 0 Å². The van der Waals surface area contributed by atoms with E-state index in [1.54, 1.807) is 18.2 Å². The minimum atomic E-state index is -1.82. The predicted molar refractivity (Wildman–Crippen MR) is 131 cm³/mol. The SMILES string of the molecule is CN(C)CCCC1(c2ccc(F)cc2)OCc2cc(C(=O)c3ccc(F)cc3)ccc21.O=C(O)C(=O)O. The molecule has 3 aromatic carbocycles. The Morgan fingerprint density at radius 1 is 0.865 bits per heavy atom. The Hall–Kier alpha value is -3.95. The fourth-order valence-electron chi connectivity index (χ4n) is 4.25. The lowest BCUT2D eigenvalue weighted by Crippen LogP contribution is -2.28. The summed E-state index contributed by atoms with van der Waals surface area (Å²) in [5.41, 5.74) is 3.17. The molecule has 0 radical (unpaired) electrons. The van der Waals surface area contributed by atoms with E-state index in [9.17, 15) is 13.6 Å². The number of halogens is 2. The Balaban J connectivity index is 0.000000568. The molecular weight excluding hydrogens is 484 g/mol. The lowest BCUT2D eigenvalue weighted by atomic mass is 9.81. The van der Waals surface area contributed by atoms with Crippen LogP contribution in [-0.4, -0.2) is 53.5 Å². The summed E-state index contributed by atoms with van der Waals surface area (Å²) >= 11 is 0. The third-order valence-electron chi connectivity index (χ3n) is 6.01. The second-order valence-electron chi connectivity index (χ2n) is 8.85. The van der Waals surface area contributed by atoms with Crippen molar-refractivity contribution in [2.24, 2.45) is 0 Å². The fraction of sp³-hybridized carbons (Fsp3) is 0.250. The summed E-state index contributed by atoms with van der Waals surface area (Å²) in [6, 6.07) is 17.6. The van der Waals surface area contributed by atoms with Gasteiger partial charge in [-0.05, 0) is 92.6 Å². The first kappa shape index (κ1) is 27.6. The van der Waals surface area contributed by atoms with Crippen molar-refractivity contribution in [1.29, 1.82) is 0 Å². The zero-order valence-electron chi connectivity index (χ0n) is 20.4. The van der Waals surface area contributed by atoms with Crippen LogP contribution in [0.15, 0.2) is 66.7 Å². The van der Waals surface area contributed by atoms with E-state index in [1.807, 2.05) is 26.2 Å². The van der Waals surface area contributed by atoms with Gasteiger partial charge in [-0.2, -0.15) is 0 Å². The lowest BCUT2D eigenvalue weighted by Gasteiger charge is -2.31. The minimum absolute atomic E-state index is 0.158. The Morgan fingerprint density at radius 2 is 1.41 bits per heavy atom. The molecule has 37 heavy (non-hydrogen) atoms. The first-order valence-corrected chi connectivity index (χ1v) is 11.5. The van der Waals surface area contributed by atoms with Gasteiger partial charge in [-0.25, -0.2) is 18.4 Å². The number of aliphatic carboxylic acids is 2. The standard InChI is InChI=1S/C26H25F2NO2.C2H2O4/c1-29(2)15-3-14-26(21-7-11-23(28)12-8-21)24-13-6-19(16-20(24)17-31-26)25(30)18-4-9-22(27)10-5-18;3-1(4)2(5)6/h4-13,16H,3,14-15,17H2,1-2H3;(H,3,4)(H,5,6). The predicted octanol–water partition coefficient (Wildman–Crippen LogP) is 4.47. The van der Waals surface area contributed by atoms with E-state index in [-0.39, 0.29) is 17.4 Å². The molecular formula is C28H27F2NO6. The van der Waals surface area contributed by atoms with Gasteiger partial charge in [0.05, 0.1) is 6.61 Å². The summed E-state index contributed by atoms with van der Waals surface area (Å²) < 4.78 is 33.1. The van der Waals surface area contributed by atoms with Crippen molar-refractivity contribution in [3.8, 4) is 0 Å². The van der Waals surface area contributed by atoms with Gasteiger partial charge >= 0.3 is 11.9 Å². The molecule has 7 nitrogen and oxygen atoms in total. The van der Waals surface area contributed by atoms with Crippen LogP contribution in [-0.2, 0) is 26.5 Å². The normalized spacial score (nSPS) is 16.0. The number of nitrogens with zero attached hydrogens (tertiary/aromatic N) is 1. The molecule has 0 saturated carbocycles. The maximum absolute atomic E-state index is 13.6. The second kappa shape index (κ2) is 11.9. The highest BCUT2D eigenvalue weighted by Crippen LogP contribution is 2.45. The zero-order valence-corrected chi connectivity index (χ0v) is 20.4. The van der Waals surface area contributed by atoms with Gasteiger partial charge in [-0.1, -0.05) is 24.3 Å². The number of hydrogen-bond acceptors (Lipinski definition) is 5. The van der Waals surface area contributed by atoms with Crippen LogP contribution in [0.5, 0.6) is 0 Å². The number of carbonyl (C=O) groups excluding carboxylic acids is 1. The molecule has 0 saturated heterocycles. The van der Waals surface area contributed by atoms with Gasteiger partial charge in [0, 0.05) is 11.1 Å². The molecule has 4 rings (SSSR count). The molecule has 3 aromatic rings. The van der Waals surface area contributed by atoms with Gasteiger partial charge in [-0.15, -0.1) is 0 Å². The molecule has 194 valence electrons. The summed E-state index contributed by atoms with van der Waals surface area (Å²) in [5, 5.41) is 14.8. The van der Waals surface area contributed by atoms with Crippen molar-refractivity contribution in [3.05, 3.63) is 106 Å². The fourth-order valence-corrected chi connectivity index (χ4v) is 4.25. The van der Waals surface area contributed by atoms with E-state index in [0.717, 1.165) is 36.1 Å². The van der Waals surface area contributed by atoms with Gasteiger partial charge in [0.2, 0.25) is 0 Å².